The van der Waals surface area contributed by atoms with Crippen LogP contribution in [0.15, 0.2) is 48.5 Å². The topological polar surface area (TPSA) is 70.2 Å². The zero-order chi connectivity index (χ0) is 21.8. The van der Waals surface area contributed by atoms with Crippen molar-refractivity contribution in [3.05, 3.63) is 71.0 Å². The molecule has 0 radical (unpaired) electrons. The van der Waals surface area contributed by atoms with Crippen LogP contribution in [0.2, 0.25) is 0 Å². The zero-order valence-electron chi connectivity index (χ0n) is 18.4. The van der Waals surface area contributed by atoms with Gasteiger partial charge in [0.2, 0.25) is 0 Å². The summed E-state index contributed by atoms with van der Waals surface area (Å²) in [6.07, 6.45) is 3.71. The molecule has 4 rings (SSSR count). The standard InChI is InChI=1S/C25H29N5O/c1-17-7-8-20(15-18(17)2)25(31)29-22-11-9-21(10-12-22)28-23-16-24(27-19(3)26-23)30-13-5-4-6-14-30/h7-12,15-16H,4-6,13-14H2,1-3H3,(H,29,31)(H,26,27,28). The number of hydrogen-bond donors (Lipinski definition) is 2. The van der Waals surface area contributed by atoms with E-state index in [1.807, 2.05) is 69.3 Å². The predicted molar refractivity (Wildman–Crippen MR) is 126 cm³/mol. The van der Waals surface area contributed by atoms with Crippen LogP contribution in [0, 0.1) is 20.8 Å². The van der Waals surface area contributed by atoms with Crippen LogP contribution in [0.5, 0.6) is 0 Å². The zero-order valence-corrected chi connectivity index (χ0v) is 18.4. The molecule has 6 heteroatoms. The van der Waals surface area contributed by atoms with E-state index in [-0.39, 0.29) is 5.91 Å². The van der Waals surface area contributed by atoms with Gasteiger partial charge in [0.1, 0.15) is 17.5 Å². The molecule has 160 valence electrons. The highest BCUT2D eigenvalue weighted by atomic mass is 16.1. The van der Waals surface area contributed by atoms with Crippen LogP contribution in [0.4, 0.5) is 23.0 Å². The van der Waals surface area contributed by atoms with Gasteiger partial charge in [0.25, 0.3) is 5.91 Å². The van der Waals surface area contributed by atoms with Gasteiger partial charge in [-0.2, -0.15) is 0 Å². The molecule has 1 saturated heterocycles. The molecule has 1 aliphatic rings. The van der Waals surface area contributed by atoms with Gasteiger partial charge in [-0.3, -0.25) is 4.79 Å². The second kappa shape index (κ2) is 9.16. The Hall–Kier alpha value is -3.41. The molecule has 0 spiro atoms. The van der Waals surface area contributed by atoms with E-state index in [4.69, 9.17) is 0 Å². The molecule has 0 atom stereocenters. The Morgan fingerprint density at radius 1 is 0.839 bits per heavy atom. The van der Waals surface area contributed by atoms with Crippen LogP contribution < -0.4 is 15.5 Å². The molecule has 1 aliphatic heterocycles. The van der Waals surface area contributed by atoms with E-state index >= 15 is 0 Å². The number of nitrogens with one attached hydrogen (secondary N) is 2. The van der Waals surface area contributed by atoms with E-state index in [0.29, 0.717) is 5.56 Å². The summed E-state index contributed by atoms with van der Waals surface area (Å²) in [4.78, 5) is 24.0. The SMILES string of the molecule is Cc1nc(Nc2ccc(NC(=O)c3ccc(C)c(C)c3)cc2)cc(N2CCCCC2)n1. The molecule has 0 bridgehead atoms. The average Bonchev–Trinajstić information content (AvgIpc) is 2.77. The number of nitrogens with zero attached hydrogens (tertiary/aromatic N) is 3. The number of piperidine rings is 1. The third-order valence-corrected chi connectivity index (χ3v) is 5.69. The molecule has 0 saturated carbocycles. The van der Waals surface area contributed by atoms with E-state index in [1.54, 1.807) is 0 Å². The van der Waals surface area contributed by atoms with Gasteiger partial charge in [-0.1, -0.05) is 6.07 Å². The summed E-state index contributed by atoms with van der Waals surface area (Å²) in [7, 11) is 0. The first-order chi connectivity index (χ1) is 15.0. The van der Waals surface area contributed by atoms with Gasteiger partial charge in [-0.15, -0.1) is 0 Å². The molecule has 1 aromatic heterocycles. The molecular weight excluding hydrogens is 386 g/mol. The fourth-order valence-corrected chi connectivity index (χ4v) is 3.77. The molecule has 3 aromatic rings. The number of hydrogen-bond acceptors (Lipinski definition) is 5. The Morgan fingerprint density at radius 3 is 2.26 bits per heavy atom. The molecule has 1 fully saturated rings. The van der Waals surface area contributed by atoms with E-state index < -0.39 is 0 Å². The maximum absolute atomic E-state index is 12.5. The van der Waals surface area contributed by atoms with Crippen LogP contribution >= 0.6 is 0 Å². The lowest BCUT2D eigenvalue weighted by molar-refractivity contribution is 0.102. The van der Waals surface area contributed by atoms with E-state index in [2.05, 4.69) is 25.5 Å². The lowest BCUT2D eigenvalue weighted by Gasteiger charge is -2.28. The van der Waals surface area contributed by atoms with E-state index in [0.717, 1.165) is 47.5 Å². The van der Waals surface area contributed by atoms with Crippen LogP contribution in [-0.4, -0.2) is 29.0 Å². The monoisotopic (exact) mass is 415 g/mol. The second-order valence-corrected chi connectivity index (χ2v) is 8.16. The highest BCUT2D eigenvalue weighted by Crippen LogP contribution is 2.23. The number of amides is 1. The van der Waals surface area contributed by atoms with Gasteiger partial charge in [0.05, 0.1) is 0 Å². The number of aryl methyl sites for hydroxylation is 3. The first kappa shape index (κ1) is 20.8. The minimum Gasteiger partial charge on any atom is -0.356 e. The molecule has 2 heterocycles. The predicted octanol–water partition coefficient (Wildman–Crippen LogP) is 5.39. The van der Waals surface area contributed by atoms with Crippen LogP contribution in [0.1, 0.15) is 46.6 Å². The molecule has 0 aliphatic carbocycles. The maximum Gasteiger partial charge on any atom is 0.255 e. The summed E-state index contributed by atoms with van der Waals surface area (Å²) >= 11 is 0. The van der Waals surface area contributed by atoms with Crippen molar-refractivity contribution in [2.24, 2.45) is 0 Å². The van der Waals surface area contributed by atoms with Crippen molar-refractivity contribution < 1.29 is 4.79 Å². The van der Waals surface area contributed by atoms with Crippen LogP contribution in [-0.2, 0) is 0 Å². The summed E-state index contributed by atoms with van der Waals surface area (Å²) in [5.74, 6) is 2.40. The summed E-state index contributed by atoms with van der Waals surface area (Å²) < 4.78 is 0. The fraction of sp³-hybridized carbons (Fsp3) is 0.320. The Balaban J connectivity index is 1.43. The highest BCUT2D eigenvalue weighted by Gasteiger charge is 2.14. The van der Waals surface area contributed by atoms with Crippen molar-refractivity contribution in [2.75, 3.05) is 28.6 Å². The fourth-order valence-electron chi connectivity index (χ4n) is 3.77. The highest BCUT2D eigenvalue weighted by molar-refractivity contribution is 6.04. The number of carbonyl (C=O) groups excluding carboxylic acids is 1. The molecule has 31 heavy (non-hydrogen) atoms. The van der Waals surface area contributed by atoms with Gasteiger partial charge < -0.3 is 15.5 Å². The summed E-state index contributed by atoms with van der Waals surface area (Å²) in [6.45, 7) is 8.06. The smallest absolute Gasteiger partial charge is 0.255 e. The Morgan fingerprint density at radius 2 is 1.55 bits per heavy atom. The lowest BCUT2D eigenvalue weighted by Crippen LogP contribution is -2.30. The molecule has 2 N–H and O–H groups in total. The Bertz CT molecular complexity index is 1070. The van der Waals surface area contributed by atoms with Crippen molar-refractivity contribution in [3.63, 3.8) is 0 Å². The van der Waals surface area contributed by atoms with Crippen LogP contribution in [0.3, 0.4) is 0 Å². The molecule has 6 nitrogen and oxygen atoms in total. The third kappa shape index (κ3) is 5.20. The minimum atomic E-state index is -0.110. The average molecular weight is 416 g/mol. The van der Waals surface area contributed by atoms with Crippen molar-refractivity contribution in [2.45, 2.75) is 40.0 Å². The summed E-state index contributed by atoms with van der Waals surface area (Å²) in [6, 6.07) is 15.4. The normalized spacial score (nSPS) is 13.7. The number of anilines is 4. The largest absolute Gasteiger partial charge is 0.356 e. The minimum absolute atomic E-state index is 0.110. The van der Waals surface area contributed by atoms with Gasteiger partial charge in [0, 0.05) is 36.1 Å². The van der Waals surface area contributed by atoms with Gasteiger partial charge in [-0.05, 0) is 87.6 Å². The number of aromatic nitrogens is 2. The third-order valence-electron chi connectivity index (χ3n) is 5.69. The van der Waals surface area contributed by atoms with E-state index in [9.17, 15) is 4.79 Å². The lowest BCUT2D eigenvalue weighted by atomic mass is 10.1. The quantitative estimate of drug-likeness (QED) is 0.585. The van der Waals surface area contributed by atoms with Crippen molar-refractivity contribution in [3.8, 4) is 0 Å². The molecule has 1 amide bonds. The summed E-state index contributed by atoms with van der Waals surface area (Å²) in [5, 5.41) is 6.32. The van der Waals surface area contributed by atoms with Gasteiger partial charge in [0.15, 0.2) is 0 Å². The maximum atomic E-state index is 12.5. The second-order valence-electron chi connectivity index (χ2n) is 8.16. The number of benzene rings is 2. The molecule has 2 aromatic carbocycles. The first-order valence-corrected chi connectivity index (χ1v) is 10.8. The number of rotatable bonds is 5. The van der Waals surface area contributed by atoms with Gasteiger partial charge in [-0.25, -0.2) is 9.97 Å². The van der Waals surface area contributed by atoms with Gasteiger partial charge >= 0.3 is 0 Å². The summed E-state index contributed by atoms with van der Waals surface area (Å²) in [5.41, 5.74) is 4.60. The van der Waals surface area contributed by atoms with Crippen molar-refractivity contribution in [1.29, 1.82) is 0 Å². The molecule has 0 unspecified atom stereocenters. The van der Waals surface area contributed by atoms with Crippen LogP contribution in [0.25, 0.3) is 0 Å². The number of carbonyl (C=O) groups is 1. The van der Waals surface area contributed by atoms with Crippen molar-refractivity contribution >= 4 is 28.9 Å². The van der Waals surface area contributed by atoms with Crippen molar-refractivity contribution in [1.82, 2.24) is 9.97 Å². The Labute approximate surface area is 183 Å². The Kier molecular flexibility index (Phi) is 6.16. The first-order valence-electron chi connectivity index (χ1n) is 10.8. The van der Waals surface area contributed by atoms with E-state index in [1.165, 1.54) is 24.8 Å². The molecular formula is C25H29N5O.